The van der Waals surface area contributed by atoms with Crippen molar-refractivity contribution < 1.29 is 22.7 Å². The topological polar surface area (TPSA) is 84.9 Å². The van der Waals surface area contributed by atoms with E-state index < -0.39 is 28.1 Å². The van der Waals surface area contributed by atoms with Crippen LogP contribution in [-0.4, -0.2) is 33.1 Å². The van der Waals surface area contributed by atoms with Crippen LogP contribution < -0.4 is 19.1 Å². The largest absolute Gasteiger partial charge is 0.492 e. The van der Waals surface area contributed by atoms with Crippen LogP contribution in [0.25, 0.3) is 0 Å². The average Bonchev–Trinajstić information content (AvgIpc) is 2.83. The predicted octanol–water partition coefficient (Wildman–Crippen LogP) is 4.70. The number of amides is 1. The quantitative estimate of drug-likeness (QED) is 0.491. The minimum absolute atomic E-state index is 0.0941. The number of anilines is 1. The lowest BCUT2D eigenvalue weighted by Crippen LogP contribution is -2.45. The Morgan fingerprint density at radius 3 is 2.43 bits per heavy atom. The van der Waals surface area contributed by atoms with Crippen LogP contribution in [0.5, 0.6) is 11.5 Å². The van der Waals surface area contributed by atoms with E-state index in [2.05, 4.69) is 5.32 Å². The third kappa shape index (κ3) is 5.43. The van der Waals surface area contributed by atoms with Gasteiger partial charge in [-0.3, -0.25) is 9.10 Å². The Labute approximate surface area is 206 Å². The number of nitrogens with zero attached hydrogens (tertiary/aromatic N) is 1. The molecule has 1 aliphatic rings. The third-order valence-corrected chi connectivity index (χ3v) is 7.54. The van der Waals surface area contributed by atoms with E-state index in [0.29, 0.717) is 30.2 Å². The monoisotopic (exact) mass is 494 g/mol. The molecule has 1 unspecified atom stereocenters. The van der Waals surface area contributed by atoms with Gasteiger partial charge in [0.05, 0.1) is 23.2 Å². The van der Waals surface area contributed by atoms with Crippen LogP contribution in [0.1, 0.15) is 38.8 Å². The lowest BCUT2D eigenvalue weighted by atomic mass is 9.89. The van der Waals surface area contributed by atoms with Crippen LogP contribution in [0.3, 0.4) is 0 Å². The van der Waals surface area contributed by atoms with Crippen molar-refractivity contribution in [1.82, 2.24) is 5.32 Å². The Morgan fingerprint density at radius 1 is 1.03 bits per heavy atom. The number of hydrogen-bond donors (Lipinski definition) is 1. The molecule has 0 bridgehead atoms. The zero-order chi connectivity index (χ0) is 25.1. The number of rotatable bonds is 8. The molecule has 1 aliphatic heterocycles. The molecule has 1 atom stereocenters. The van der Waals surface area contributed by atoms with Gasteiger partial charge in [-0.05, 0) is 51.1 Å². The first-order chi connectivity index (χ1) is 16.7. The maximum atomic E-state index is 13.7. The predicted molar refractivity (Wildman–Crippen MR) is 135 cm³/mol. The second-order valence-electron chi connectivity index (χ2n) is 8.95. The number of carbonyl (C=O) groups excluding carboxylic acids is 1. The summed E-state index contributed by atoms with van der Waals surface area (Å²) in [6, 6.07) is 22.2. The van der Waals surface area contributed by atoms with Gasteiger partial charge in [0.2, 0.25) is 5.91 Å². The molecule has 1 heterocycles. The molecule has 1 N–H and O–H groups in total. The molecule has 0 aromatic heterocycles. The molecule has 4 rings (SSSR count). The SMILES string of the molecule is CCOc1ccccc1N(CC(=O)NC1CC(C)(C)Oc2ccccc21)S(=O)(=O)c1ccccc1. The van der Waals surface area contributed by atoms with Crippen LogP contribution >= 0.6 is 0 Å². The van der Waals surface area contributed by atoms with Gasteiger partial charge in [0.15, 0.2) is 0 Å². The Kier molecular flexibility index (Phi) is 7.03. The first-order valence-corrected chi connectivity index (χ1v) is 13.0. The highest BCUT2D eigenvalue weighted by atomic mass is 32.2. The molecule has 0 saturated carbocycles. The lowest BCUT2D eigenvalue weighted by molar-refractivity contribution is -0.120. The smallest absolute Gasteiger partial charge is 0.264 e. The zero-order valence-electron chi connectivity index (χ0n) is 20.1. The Bertz CT molecular complexity index is 1290. The Hall–Kier alpha value is -3.52. The van der Waals surface area contributed by atoms with Crippen molar-refractivity contribution in [3.63, 3.8) is 0 Å². The van der Waals surface area contributed by atoms with Crippen molar-refractivity contribution >= 4 is 21.6 Å². The number of benzene rings is 3. The molecule has 0 fully saturated rings. The molecule has 184 valence electrons. The molecule has 1 amide bonds. The third-order valence-electron chi connectivity index (χ3n) is 5.76. The van der Waals surface area contributed by atoms with E-state index >= 15 is 0 Å². The Morgan fingerprint density at radius 2 is 1.69 bits per heavy atom. The molecule has 0 radical (unpaired) electrons. The summed E-state index contributed by atoms with van der Waals surface area (Å²) >= 11 is 0. The van der Waals surface area contributed by atoms with Crippen LogP contribution in [0.2, 0.25) is 0 Å². The van der Waals surface area contributed by atoms with E-state index in [9.17, 15) is 13.2 Å². The number of ether oxygens (including phenoxy) is 2. The second-order valence-corrected chi connectivity index (χ2v) is 10.8. The highest BCUT2D eigenvalue weighted by molar-refractivity contribution is 7.92. The summed E-state index contributed by atoms with van der Waals surface area (Å²) in [7, 11) is -4.05. The number of fused-ring (bicyclic) bond motifs is 1. The van der Waals surface area contributed by atoms with Gasteiger partial charge in [0.25, 0.3) is 10.0 Å². The van der Waals surface area contributed by atoms with E-state index in [-0.39, 0.29) is 10.9 Å². The fraction of sp³-hybridized carbons (Fsp3) is 0.296. The molecule has 8 heteroatoms. The van der Waals surface area contributed by atoms with Gasteiger partial charge in [-0.1, -0.05) is 48.5 Å². The Balaban J connectivity index is 1.68. The normalized spacial score (nSPS) is 16.5. The summed E-state index contributed by atoms with van der Waals surface area (Å²) in [6.07, 6.45) is 0.552. The van der Waals surface area contributed by atoms with Gasteiger partial charge >= 0.3 is 0 Å². The maximum absolute atomic E-state index is 13.7. The minimum atomic E-state index is -4.05. The summed E-state index contributed by atoms with van der Waals surface area (Å²) in [5, 5.41) is 3.04. The molecule has 0 aliphatic carbocycles. The summed E-state index contributed by atoms with van der Waals surface area (Å²) < 4.78 is 40.2. The highest BCUT2D eigenvalue weighted by Crippen LogP contribution is 2.39. The van der Waals surface area contributed by atoms with E-state index in [1.807, 2.05) is 45.0 Å². The van der Waals surface area contributed by atoms with Gasteiger partial charge < -0.3 is 14.8 Å². The molecule has 3 aromatic rings. The van der Waals surface area contributed by atoms with Crippen molar-refractivity contribution in [2.24, 2.45) is 0 Å². The number of sulfonamides is 1. The number of carbonyl (C=O) groups is 1. The van der Waals surface area contributed by atoms with Crippen LogP contribution in [0.15, 0.2) is 83.8 Å². The first-order valence-electron chi connectivity index (χ1n) is 11.6. The summed E-state index contributed by atoms with van der Waals surface area (Å²) in [6.45, 7) is 5.71. The molecule has 0 spiro atoms. The van der Waals surface area contributed by atoms with E-state index in [1.54, 1.807) is 42.5 Å². The lowest BCUT2D eigenvalue weighted by Gasteiger charge is -2.38. The van der Waals surface area contributed by atoms with Gasteiger partial charge in [-0.15, -0.1) is 0 Å². The molecule has 3 aromatic carbocycles. The number of para-hydroxylation sites is 3. The summed E-state index contributed by atoms with van der Waals surface area (Å²) in [4.78, 5) is 13.5. The van der Waals surface area contributed by atoms with Crippen LogP contribution in [0, 0.1) is 0 Å². The van der Waals surface area contributed by atoms with Gasteiger partial charge in [0, 0.05) is 12.0 Å². The summed E-state index contributed by atoms with van der Waals surface area (Å²) in [5.74, 6) is 0.678. The van der Waals surface area contributed by atoms with Crippen LogP contribution in [-0.2, 0) is 14.8 Å². The van der Waals surface area contributed by atoms with E-state index in [4.69, 9.17) is 9.47 Å². The van der Waals surface area contributed by atoms with Gasteiger partial charge in [-0.2, -0.15) is 0 Å². The van der Waals surface area contributed by atoms with Crippen LogP contribution in [0.4, 0.5) is 5.69 Å². The zero-order valence-corrected chi connectivity index (χ0v) is 20.9. The van der Waals surface area contributed by atoms with Gasteiger partial charge in [0.1, 0.15) is 23.6 Å². The fourth-order valence-corrected chi connectivity index (χ4v) is 5.71. The summed E-state index contributed by atoms with van der Waals surface area (Å²) in [5.41, 5.74) is 0.692. The van der Waals surface area contributed by atoms with E-state index in [0.717, 1.165) is 9.87 Å². The standard InChI is InChI=1S/C27H30N2O5S/c1-4-33-25-17-11-9-15-23(25)29(35(31,32)20-12-6-5-7-13-20)19-26(30)28-22-18-27(2,3)34-24-16-10-8-14-21(22)24/h5-17,22H,4,18-19H2,1-3H3,(H,28,30). The molecule has 35 heavy (non-hydrogen) atoms. The molecule has 7 nitrogen and oxygen atoms in total. The molecular formula is C27H30N2O5S. The van der Waals surface area contributed by atoms with Gasteiger partial charge in [-0.25, -0.2) is 8.42 Å². The number of hydrogen-bond acceptors (Lipinski definition) is 5. The van der Waals surface area contributed by atoms with Crippen molar-refractivity contribution in [3.05, 3.63) is 84.4 Å². The minimum Gasteiger partial charge on any atom is -0.492 e. The maximum Gasteiger partial charge on any atom is 0.264 e. The average molecular weight is 495 g/mol. The second kappa shape index (κ2) is 10.00. The first kappa shape index (κ1) is 24.6. The van der Waals surface area contributed by atoms with Crippen molar-refractivity contribution in [3.8, 4) is 11.5 Å². The highest BCUT2D eigenvalue weighted by Gasteiger charge is 2.36. The molecular weight excluding hydrogens is 464 g/mol. The van der Waals surface area contributed by atoms with Crippen molar-refractivity contribution in [2.45, 2.75) is 43.7 Å². The molecule has 0 saturated heterocycles. The number of nitrogens with one attached hydrogen (secondary N) is 1. The fourth-order valence-electron chi connectivity index (χ4n) is 4.26. The van der Waals surface area contributed by atoms with Crippen molar-refractivity contribution in [1.29, 1.82) is 0 Å². The van der Waals surface area contributed by atoms with E-state index in [1.165, 1.54) is 12.1 Å². The van der Waals surface area contributed by atoms with Crippen molar-refractivity contribution in [2.75, 3.05) is 17.5 Å².